The van der Waals surface area contributed by atoms with Gasteiger partial charge in [0.1, 0.15) is 0 Å². The molecular weight excluding hydrogens is 296 g/mol. The van der Waals surface area contributed by atoms with Crippen molar-refractivity contribution in [3.05, 3.63) is 20.3 Å². The van der Waals surface area contributed by atoms with Crippen LogP contribution in [-0.2, 0) is 0 Å². The fraction of sp³-hybridized carbons (Fsp3) is 0.692. The van der Waals surface area contributed by atoms with Crippen molar-refractivity contribution in [1.82, 2.24) is 4.90 Å². The maximum absolute atomic E-state index is 5.98. The molecule has 0 bridgehead atoms. The monoisotopic (exact) mass is 318 g/mol. The molecule has 1 rings (SSSR count). The van der Waals surface area contributed by atoms with Gasteiger partial charge in [0.15, 0.2) is 0 Å². The summed E-state index contributed by atoms with van der Waals surface area (Å²) in [5, 5.41) is 0. The van der Waals surface area contributed by atoms with E-state index < -0.39 is 0 Å². The molecule has 2 nitrogen and oxygen atoms in total. The van der Waals surface area contributed by atoms with Gasteiger partial charge in [0.05, 0.1) is 6.04 Å². The van der Waals surface area contributed by atoms with E-state index in [1.54, 1.807) is 0 Å². The van der Waals surface area contributed by atoms with Crippen molar-refractivity contribution in [3.8, 4) is 0 Å². The molecule has 1 unspecified atom stereocenters. The highest BCUT2D eigenvalue weighted by atomic mass is 79.9. The fourth-order valence-corrected chi connectivity index (χ4v) is 3.80. The molecule has 0 spiro atoms. The number of rotatable bonds is 7. The molecular formula is C13H23BrN2S. The molecule has 0 fully saturated rings. The minimum atomic E-state index is 0.380. The van der Waals surface area contributed by atoms with Crippen molar-refractivity contribution in [3.63, 3.8) is 0 Å². The molecule has 17 heavy (non-hydrogen) atoms. The van der Waals surface area contributed by atoms with Crippen LogP contribution in [0.2, 0.25) is 0 Å². The van der Waals surface area contributed by atoms with E-state index in [0.29, 0.717) is 12.6 Å². The Hall–Kier alpha value is 0.1000. The van der Waals surface area contributed by atoms with Crippen LogP contribution in [0.25, 0.3) is 0 Å². The molecule has 0 aliphatic rings. The van der Waals surface area contributed by atoms with Gasteiger partial charge >= 0.3 is 0 Å². The number of halogens is 1. The minimum absolute atomic E-state index is 0.380. The predicted octanol–water partition coefficient (Wildman–Crippen LogP) is 3.94. The Morgan fingerprint density at radius 1 is 1.35 bits per heavy atom. The van der Waals surface area contributed by atoms with E-state index >= 15 is 0 Å². The van der Waals surface area contributed by atoms with Gasteiger partial charge in [0.25, 0.3) is 0 Å². The van der Waals surface area contributed by atoms with E-state index in [1.165, 1.54) is 27.1 Å². The topological polar surface area (TPSA) is 29.3 Å². The summed E-state index contributed by atoms with van der Waals surface area (Å²) in [5.41, 5.74) is 5.98. The molecule has 0 aliphatic heterocycles. The van der Waals surface area contributed by atoms with Gasteiger partial charge < -0.3 is 5.73 Å². The number of nitrogens with zero attached hydrogens (tertiary/aromatic N) is 1. The first-order chi connectivity index (χ1) is 8.13. The molecule has 4 heteroatoms. The lowest BCUT2D eigenvalue weighted by molar-refractivity contribution is 0.205. The molecule has 0 amide bonds. The second-order valence-electron chi connectivity index (χ2n) is 4.34. The van der Waals surface area contributed by atoms with Crippen LogP contribution in [0.1, 0.15) is 42.5 Å². The zero-order chi connectivity index (χ0) is 12.8. The highest BCUT2D eigenvalue weighted by molar-refractivity contribution is 9.10. The van der Waals surface area contributed by atoms with Crippen LogP contribution in [0, 0.1) is 6.92 Å². The predicted molar refractivity (Wildman–Crippen MR) is 80.7 cm³/mol. The standard InChI is InChI=1S/C13H23BrN2S/c1-4-6-16(7-5-2)12(9-15)13-8-11(14)10(3)17-13/h8,12H,4-7,9,15H2,1-3H3. The van der Waals surface area contributed by atoms with Gasteiger partial charge in [0.2, 0.25) is 0 Å². The number of hydrogen-bond acceptors (Lipinski definition) is 3. The Labute approximate surface area is 117 Å². The number of hydrogen-bond donors (Lipinski definition) is 1. The van der Waals surface area contributed by atoms with Gasteiger partial charge in [-0.2, -0.15) is 0 Å². The van der Waals surface area contributed by atoms with Gasteiger partial charge in [-0.1, -0.05) is 13.8 Å². The second kappa shape index (κ2) is 7.52. The normalized spacial score (nSPS) is 13.3. The van der Waals surface area contributed by atoms with Gasteiger partial charge in [-0.15, -0.1) is 11.3 Å². The average Bonchev–Trinajstić information content (AvgIpc) is 2.61. The van der Waals surface area contributed by atoms with E-state index in [9.17, 15) is 0 Å². The van der Waals surface area contributed by atoms with E-state index in [4.69, 9.17) is 5.73 Å². The molecule has 98 valence electrons. The molecule has 2 N–H and O–H groups in total. The highest BCUT2D eigenvalue weighted by Gasteiger charge is 2.20. The summed E-state index contributed by atoms with van der Waals surface area (Å²) in [6.07, 6.45) is 2.37. The van der Waals surface area contributed by atoms with Crippen LogP contribution in [0.5, 0.6) is 0 Å². The molecule has 1 aromatic heterocycles. The lowest BCUT2D eigenvalue weighted by atomic mass is 10.2. The van der Waals surface area contributed by atoms with E-state index in [0.717, 1.165) is 13.1 Å². The van der Waals surface area contributed by atoms with Crippen molar-refractivity contribution in [2.45, 2.75) is 39.7 Å². The Morgan fingerprint density at radius 2 is 1.94 bits per heavy atom. The van der Waals surface area contributed by atoms with Crippen LogP contribution in [0.15, 0.2) is 10.5 Å². The third-order valence-electron chi connectivity index (χ3n) is 2.89. The molecule has 0 aromatic carbocycles. The maximum atomic E-state index is 5.98. The molecule has 1 atom stereocenters. The third-order valence-corrected chi connectivity index (χ3v) is 5.13. The summed E-state index contributed by atoms with van der Waals surface area (Å²) >= 11 is 5.45. The van der Waals surface area contributed by atoms with Gasteiger partial charge in [0, 0.05) is 20.8 Å². The summed E-state index contributed by atoms with van der Waals surface area (Å²) in [7, 11) is 0. The Kier molecular flexibility index (Phi) is 6.70. The second-order valence-corrected chi connectivity index (χ2v) is 6.48. The van der Waals surface area contributed by atoms with E-state index in [2.05, 4.69) is 47.7 Å². The smallest absolute Gasteiger partial charge is 0.0564 e. The number of thiophene rings is 1. The van der Waals surface area contributed by atoms with Crippen LogP contribution in [0.3, 0.4) is 0 Å². The summed E-state index contributed by atoms with van der Waals surface area (Å²) in [6, 6.07) is 2.61. The zero-order valence-corrected chi connectivity index (χ0v) is 13.4. The van der Waals surface area contributed by atoms with Crippen molar-refractivity contribution in [1.29, 1.82) is 0 Å². The van der Waals surface area contributed by atoms with Crippen LogP contribution in [-0.4, -0.2) is 24.5 Å². The highest BCUT2D eigenvalue weighted by Crippen LogP contribution is 2.33. The summed E-state index contributed by atoms with van der Waals surface area (Å²) in [6.45, 7) is 9.56. The number of nitrogens with two attached hydrogens (primary N) is 1. The fourth-order valence-electron chi connectivity index (χ4n) is 2.09. The number of aryl methyl sites for hydroxylation is 1. The lowest BCUT2D eigenvalue weighted by Crippen LogP contribution is -2.34. The molecule has 0 aliphatic carbocycles. The van der Waals surface area contributed by atoms with Crippen LogP contribution < -0.4 is 5.73 Å². The third kappa shape index (κ3) is 4.05. The summed E-state index contributed by atoms with van der Waals surface area (Å²) < 4.78 is 1.21. The largest absolute Gasteiger partial charge is 0.329 e. The summed E-state index contributed by atoms with van der Waals surface area (Å²) in [4.78, 5) is 5.24. The maximum Gasteiger partial charge on any atom is 0.0564 e. The minimum Gasteiger partial charge on any atom is -0.329 e. The van der Waals surface area contributed by atoms with Crippen LogP contribution >= 0.6 is 27.3 Å². The first-order valence-electron chi connectivity index (χ1n) is 6.33. The van der Waals surface area contributed by atoms with Crippen molar-refractivity contribution >= 4 is 27.3 Å². The van der Waals surface area contributed by atoms with Gasteiger partial charge in [-0.3, -0.25) is 4.90 Å². The Bertz CT molecular complexity index is 313. The van der Waals surface area contributed by atoms with Crippen LogP contribution in [0.4, 0.5) is 0 Å². The molecule has 1 heterocycles. The quantitative estimate of drug-likeness (QED) is 0.825. The Morgan fingerprint density at radius 3 is 2.29 bits per heavy atom. The summed E-state index contributed by atoms with van der Waals surface area (Å²) in [5.74, 6) is 0. The van der Waals surface area contributed by atoms with Crippen molar-refractivity contribution in [2.24, 2.45) is 5.73 Å². The Balaban J connectivity index is 2.86. The molecule has 0 saturated carbocycles. The first kappa shape index (κ1) is 15.2. The van der Waals surface area contributed by atoms with Crippen molar-refractivity contribution in [2.75, 3.05) is 19.6 Å². The zero-order valence-electron chi connectivity index (χ0n) is 11.0. The van der Waals surface area contributed by atoms with Crippen molar-refractivity contribution < 1.29 is 0 Å². The molecule has 0 saturated heterocycles. The molecule has 0 radical (unpaired) electrons. The van der Waals surface area contributed by atoms with E-state index in [-0.39, 0.29) is 0 Å². The van der Waals surface area contributed by atoms with Gasteiger partial charge in [-0.25, -0.2) is 0 Å². The lowest BCUT2D eigenvalue weighted by Gasteiger charge is -2.29. The van der Waals surface area contributed by atoms with E-state index in [1.807, 2.05) is 11.3 Å². The molecule has 1 aromatic rings. The average molecular weight is 319 g/mol. The van der Waals surface area contributed by atoms with Gasteiger partial charge in [-0.05, 0) is 54.9 Å². The SMILES string of the molecule is CCCN(CCC)C(CN)c1cc(Br)c(C)s1. The first-order valence-corrected chi connectivity index (χ1v) is 7.94.